The molecular formula is C26H23Br2NO. The van der Waals surface area contributed by atoms with E-state index in [1.807, 2.05) is 0 Å². The quantitative estimate of drug-likeness (QED) is 0.274. The zero-order chi connectivity index (χ0) is 21.1. The van der Waals surface area contributed by atoms with E-state index < -0.39 is 0 Å². The molecule has 0 aliphatic carbocycles. The molecule has 0 saturated carbocycles. The molecule has 4 aromatic carbocycles. The van der Waals surface area contributed by atoms with Gasteiger partial charge in [-0.05, 0) is 103 Å². The molecular weight excluding hydrogens is 502 g/mol. The zero-order valence-electron chi connectivity index (χ0n) is 17.0. The molecule has 0 fully saturated rings. The Hall–Kier alpha value is -2.30. The molecule has 152 valence electrons. The second-order valence-electron chi connectivity index (χ2n) is 7.47. The van der Waals surface area contributed by atoms with Gasteiger partial charge in [-0.2, -0.15) is 0 Å². The van der Waals surface area contributed by atoms with Crippen molar-refractivity contribution in [3.8, 4) is 5.75 Å². The first-order valence-electron chi connectivity index (χ1n) is 9.90. The van der Waals surface area contributed by atoms with Crippen molar-refractivity contribution in [2.24, 2.45) is 0 Å². The van der Waals surface area contributed by atoms with Gasteiger partial charge in [0.05, 0.1) is 8.95 Å². The maximum atomic E-state index is 6.19. The molecule has 2 nitrogen and oxygen atoms in total. The van der Waals surface area contributed by atoms with E-state index in [1.54, 1.807) is 0 Å². The standard InChI is InChI=1S/C26H23Br2NO/c1-17-10-11-22(12-18(17)2)29-15-19-13-24(27)26(25(28)14-19)30-16-21-8-5-7-20-6-3-4-9-23(20)21/h3-14,29H,15-16H2,1-2H3. The molecule has 0 heterocycles. The fourth-order valence-electron chi connectivity index (χ4n) is 3.48. The number of fused-ring (bicyclic) bond motifs is 1. The first kappa shape index (κ1) is 21.0. The van der Waals surface area contributed by atoms with Crippen LogP contribution in [0.4, 0.5) is 5.69 Å². The lowest BCUT2D eigenvalue weighted by atomic mass is 10.1. The van der Waals surface area contributed by atoms with Crippen molar-refractivity contribution < 1.29 is 4.74 Å². The van der Waals surface area contributed by atoms with Gasteiger partial charge in [0.15, 0.2) is 0 Å². The van der Waals surface area contributed by atoms with E-state index in [2.05, 4.69) is 124 Å². The largest absolute Gasteiger partial charge is 0.487 e. The van der Waals surface area contributed by atoms with Gasteiger partial charge >= 0.3 is 0 Å². The Morgan fingerprint density at radius 2 is 1.53 bits per heavy atom. The first-order chi connectivity index (χ1) is 14.5. The van der Waals surface area contributed by atoms with E-state index in [4.69, 9.17) is 4.74 Å². The summed E-state index contributed by atoms with van der Waals surface area (Å²) < 4.78 is 8.07. The molecule has 4 aromatic rings. The Labute approximate surface area is 194 Å². The van der Waals surface area contributed by atoms with Gasteiger partial charge in [0.2, 0.25) is 0 Å². The monoisotopic (exact) mass is 523 g/mol. The van der Waals surface area contributed by atoms with Crippen molar-refractivity contribution in [1.82, 2.24) is 0 Å². The Morgan fingerprint density at radius 1 is 0.800 bits per heavy atom. The van der Waals surface area contributed by atoms with Crippen LogP contribution in [0.15, 0.2) is 81.7 Å². The van der Waals surface area contributed by atoms with Crippen LogP contribution >= 0.6 is 31.9 Å². The number of hydrogen-bond acceptors (Lipinski definition) is 2. The van der Waals surface area contributed by atoms with E-state index in [0.29, 0.717) is 6.61 Å². The smallest absolute Gasteiger partial charge is 0.148 e. The van der Waals surface area contributed by atoms with Crippen LogP contribution in [0, 0.1) is 13.8 Å². The number of halogens is 2. The third-order valence-corrected chi connectivity index (χ3v) is 6.49. The van der Waals surface area contributed by atoms with E-state index in [9.17, 15) is 0 Å². The van der Waals surface area contributed by atoms with Gasteiger partial charge in [0.1, 0.15) is 12.4 Å². The normalized spacial score (nSPS) is 10.9. The molecule has 30 heavy (non-hydrogen) atoms. The first-order valence-corrected chi connectivity index (χ1v) is 11.5. The topological polar surface area (TPSA) is 21.3 Å². The highest BCUT2D eigenvalue weighted by Gasteiger charge is 2.11. The molecule has 4 heteroatoms. The minimum Gasteiger partial charge on any atom is -0.487 e. The van der Waals surface area contributed by atoms with Gasteiger partial charge in [0.25, 0.3) is 0 Å². The number of anilines is 1. The fraction of sp³-hybridized carbons (Fsp3) is 0.154. The predicted molar refractivity (Wildman–Crippen MR) is 133 cm³/mol. The summed E-state index contributed by atoms with van der Waals surface area (Å²) in [4.78, 5) is 0. The van der Waals surface area contributed by atoms with Crippen LogP contribution in [-0.2, 0) is 13.2 Å². The highest BCUT2D eigenvalue weighted by Crippen LogP contribution is 2.36. The van der Waals surface area contributed by atoms with Gasteiger partial charge < -0.3 is 10.1 Å². The van der Waals surface area contributed by atoms with Crippen LogP contribution in [0.1, 0.15) is 22.3 Å². The average molecular weight is 525 g/mol. The zero-order valence-corrected chi connectivity index (χ0v) is 20.2. The summed E-state index contributed by atoms with van der Waals surface area (Å²) in [5, 5.41) is 5.95. The van der Waals surface area contributed by atoms with Crippen LogP contribution in [0.5, 0.6) is 5.75 Å². The lowest BCUT2D eigenvalue weighted by Gasteiger charge is -2.14. The van der Waals surface area contributed by atoms with Crippen molar-refractivity contribution in [2.45, 2.75) is 27.0 Å². The molecule has 4 rings (SSSR count). The summed E-state index contributed by atoms with van der Waals surface area (Å²) in [6.07, 6.45) is 0. The average Bonchev–Trinajstić information content (AvgIpc) is 2.74. The lowest BCUT2D eigenvalue weighted by Crippen LogP contribution is -2.02. The molecule has 0 aliphatic rings. The van der Waals surface area contributed by atoms with Gasteiger partial charge in [-0.3, -0.25) is 0 Å². The number of hydrogen-bond donors (Lipinski definition) is 1. The highest BCUT2D eigenvalue weighted by molar-refractivity contribution is 9.11. The molecule has 0 aromatic heterocycles. The molecule has 0 saturated heterocycles. The fourth-order valence-corrected chi connectivity index (χ4v) is 4.99. The van der Waals surface area contributed by atoms with E-state index in [-0.39, 0.29) is 0 Å². The SMILES string of the molecule is Cc1ccc(NCc2cc(Br)c(OCc3cccc4ccccc34)c(Br)c2)cc1C. The van der Waals surface area contributed by atoms with E-state index >= 15 is 0 Å². The highest BCUT2D eigenvalue weighted by atomic mass is 79.9. The van der Waals surface area contributed by atoms with Crippen LogP contribution in [0.2, 0.25) is 0 Å². The van der Waals surface area contributed by atoms with Gasteiger partial charge in [-0.25, -0.2) is 0 Å². The summed E-state index contributed by atoms with van der Waals surface area (Å²) >= 11 is 7.37. The summed E-state index contributed by atoms with van der Waals surface area (Å²) in [5.41, 5.74) is 6.07. The number of aryl methyl sites for hydroxylation is 2. The molecule has 0 radical (unpaired) electrons. The summed E-state index contributed by atoms with van der Waals surface area (Å²) in [5.74, 6) is 0.817. The predicted octanol–water partition coefficient (Wildman–Crippen LogP) is 8.17. The maximum Gasteiger partial charge on any atom is 0.148 e. The molecule has 1 N–H and O–H groups in total. The Morgan fingerprint density at radius 3 is 2.30 bits per heavy atom. The number of rotatable bonds is 6. The van der Waals surface area contributed by atoms with E-state index in [0.717, 1.165) is 26.9 Å². The summed E-state index contributed by atoms with van der Waals surface area (Å²) in [7, 11) is 0. The molecule has 0 aliphatic heterocycles. The number of benzene rings is 4. The molecule has 0 atom stereocenters. The second kappa shape index (κ2) is 9.23. The van der Waals surface area contributed by atoms with Crippen LogP contribution in [0.3, 0.4) is 0 Å². The molecule has 0 spiro atoms. The molecule has 0 amide bonds. The second-order valence-corrected chi connectivity index (χ2v) is 9.18. The van der Waals surface area contributed by atoms with Crippen molar-refractivity contribution in [1.29, 1.82) is 0 Å². The summed E-state index contributed by atoms with van der Waals surface area (Å²) in [6.45, 7) is 5.52. The maximum absolute atomic E-state index is 6.19. The van der Waals surface area contributed by atoms with Gasteiger partial charge in [-0.15, -0.1) is 0 Å². The molecule has 0 unspecified atom stereocenters. The Bertz CT molecular complexity index is 1170. The number of ether oxygens (including phenoxy) is 1. The van der Waals surface area contributed by atoms with Crippen molar-refractivity contribution >= 4 is 48.3 Å². The third-order valence-electron chi connectivity index (χ3n) is 5.31. The third kappa shape index (κ3) is 4.71. The van der Waals surface area contributed by atoms with Crippen LogP contribution < -0.4 is 10.1 Å². The van der Waals surface area contributed by atoms with E-state index in [1.165, 1.54) is 33.0 Å². The number of nitrogens with one attached hydrogen (secondary N) is 1. The Kier molecular flexibility index (Phi) is 6.45. The van der Waals surface area contributed by atoms with Crippen molar-refractivity contribution in [3.63, 3.8) is 0 Å². The molecule has 0 bridgehead atoms. The minimum atomic E-state index is 0.513. The van der Waals surface area contributed by atoms with Crippen molar-refractivity contribution in [3.05, 3.63) is 104 Å². The minimum absolute atomic E-state index is 0.513. The van der Waals surface area contributed by atoms with Gasteiger partial charge in [-0.1, -0.05) is 48.5 Å². The van der Waals surface area contributed by atoms with Crippen LogP contribution in [0.25, 0.3) is 10.8 Å². The Balaban J connectivity index is 1.47. The van der Waals surface area contributed by atoms with Crippen LogP contribution in [-0.4, -0.2) is 0 Å². The lowest BCUT2D eigenvalue weighted by molar-refractivity contribution is 0.303. The van der Waals surface area contributed by atoms with Crippen molar-refractivity contribution in [2.75, 3.05) is 5.32 Å². The summed E-state index contributed by atoms with van der Waals surface area (Å²) in [6, 6.07) is 25.4. The van der Waals surface area contributed by atoms with Gasteiger partial charge in [0, 0.05) is 12.2 Å².